The Bertz CT molecular complexity index is 1020. The van der Waals surface area contributed by atoms with Gasteiger partial charge in [0, 0.05) is 11.1 Å². The molecule has 3 aromatic rings. The maximum absolute atomic E-state index is 13.8. The van der Waals surface area contributed by atoms with E-state index in [-0.39, 0.29) is 36.9 Å². The zero-order chi connectivity index (χ0) is 19.7. The number of imidazole rings is 1. The van der Waals surface area contributed by atoms with Crippen LogP contribution in [0.5, 0.6) is 11.8 Å². The summed E-state index contributed by atoms with van der Waals surface area (Å²) in [4.78, 5) is 14.0. The van der Waals surface area contributed by atoms with Gasteiger partial charge in [-0.2, -0.15) is 0 Å². The molecule has 0 radical (unpaired) electrons. The van der Waals surface area contributed by atoms with E-state index in [4.69, 9.17) is 14.2 Å². The molecule has 12 heteroatoms. The van der Waals surface area contributed by atoms with E-state index in [0.29, 0.717) is 17.9 Å². The number of hydrogen-bond acceptors (Lipinski definition) is 8. The lowest BCUT2D eigenvalue weighted by Gasteiger charge is -2.21. The van der Waals surface area contributed by atoms with Crippen molar-refractivity contribution in [3.05, 3.63) is 52.2 Å². The van der Waals surface area contributed by atoms with Crippen LogP contribution in [0.15, 0.2) is 30.6 Å². The molecule has 0 N–H and O–H groups in total. The maximum atomic E-state index is 13.8. The van der Waals surface area contributed by atoms with Crippen LogP contribution in [0.1, 0.15) is 5.69 Å². The summed E-state index contributed by atoms with van der Waals surface area (Å²) in [5.74, 6) is -0.632. The monoisotopic (exact) mass is 390 g/mol. The molecule has 0 saturated heterocycles. The Balaban J connectivity index is 1.38. The Kier molecular flexibility index (Phi) is 4.61. The molecule has 0 spiro atoms. The number of nitrogens with zero attached hydrogens (tertiary/aromatic N) is 6. The topological polar surface area (TPSA) is 119 Å². The normalized spacial score (nSPS) is 15.7. The van der Waals surface area contributed by atoms with Gasteiger partial charge >= 0.3 is 11.8 Å². The first-order chi connectivity index (χ1) is 13.5. The molecule has 1 aliphatic rings. The van der Waals surface area contributed by atoms with Crippen molar-refractivity contribution >= 4 is 5.82 Å². The molecule has 0 bridgehead atoms. The van der Waals surface area contributed by atoms with E-state index in [2.05, 4.69) is 15.3 Å². The highest BCUT2D eigenvalue weighted by atomic mass is 19.1. The Morgan fingerprint density at radius 2 is 2.29 bits per heavy atom. The summed E-state index contributed by atoms with van der Waals surface area (Å²) in [6.45, 7) is 0.735. The molecule has 11 nitrogen and oxygen atoms in total. The van der Waals surface area contributed by atoms with Gasteiger partial charge in [-0.1, -0.05) is 5.21 Å². The van der Waals surface area contributed by atoms with Gasteiger partial charge in [0.15, 0.2) is 11.6 Å². The molecule has 1 aromatic carbocycles. The number of hydrogen-bond donors (Lipinski definition) is 0. The zero-order valence-corrected chi connectivity index (χ0v) is 14.7. The summed E-state index contributed by atoms with van der Waals surface area (Å²) in [5, 5.41) is 18.8. The van der Waals surface area contributed by atoms with E-state index >= 15 is 0 Å². The lowest BCUT2D eigenvalue weighted by Crippen LogP contribution is -2.32. The highest BCUT2D eigenvalue weighted by molar-refractivity contribution is 5.38. The van der Waals surface area contributed by atoms with Crippen LogP contribution in [-0.2, 0) is 17.9 Å². The Morgan fingerprint density at radius 1 is 1.43 bits per heavy atom. The van der Waals surface area contributed by atoms with Gasteiger partial charge < -0.3 is 24.3 Å². The number of nitro groups is 1. The third-order valence-electron chi connectivity index (χ3n) is 4.12. The highest BCUT2D eigenvalue weighted by Crippen LogP contribution is 2.23. The van der Waals surface area contributed by atoms with E-state index in [9.17, 15) is 14.5 Å². The number of methoxy groups -OCH3 is 1. The maximum Gasteiger partial charge on any atom is 0.414 e. The molecule has 28 heavy (non-hydrogen) atoms. The number of rotatable bonds is 6. The van der Waals surface area contributed by atoms with Crippen molar-refractivity contribution in [1.82, 2.24) is 24.5 Å². The molecule has 2 aromatic heterocycles. The second-order valence-corrected chi connectivity index (χ2v) is 6.01. The molecule has 4 rings (SSSR count). The molecular weight excluding hydrogens is 375 g/mol. The summed E-state index contributed by atoms with van der Waals surface area (Å²) in [6.07, 6.45) is 2.60. The first-order valence-corrected chi connectivity index (χ1v) is 8.24. The SMILES string of the molecule is COc1ccc(-n2cc(CO[C@@H]3COc4nc([N+](=O)[O-])cn4C3)nn2)cc1F. The van der Waals surface area contributed by atoms with Crippen LogP contribution in [0.2, 0.25) is 0 Å². The fourth-order valence-corrected chi connectivity index (χ4v) is 2.75. The Hall–Kier alpha value is -3.54. The van der Waals surface area contributed by atoms with Gasteiger partial charge in [0.05, 0.1) is 32.1 Å². The molecule has 1 atom stereocenters. The van der Waals surface area contributed by atoms with Crippen molar-refractivity contribution in [2.24, 2.45) is 0 Å². The molecule has 0 fully saturated rings. The van der Waals surface area contributed by atoms with Crippen LogP contribution >= 0.6 is 0 Å². The number of benzene rings is 1. The highest BCUT2D eigenvalue weighted by Gasteiger charge is 2.28. The van der Waals surface area contributed by atoms with Gasteiger partial charge in [0.2, 0.25) is 0 Å². The van der Waals surface area contributed by atoms with E-state index in [0.717, 1.165) is 0 Å². The van der Waals surface area contributed by atoms with Crippen molar-refractivity contribution in [1.29, 1.82) is 0 Å². The molecule has 0 amide bonds. The van der Waals surface area contributed by atoms with E-state index in [1.165, 1.54) is 34.7 Å². The third kappa shape index (κ3) is 3.49. The smallest absolute Gasteiger partial charge is 0.414 e. The summed E-state index contributed by atoms with van der Waals surface area (Å²) in [5.41, 5.74) is 1.03. The van der Waals surface area contributed by atoms with E-state index in [1.54, 1.807) is 12.3 Å². The molecule has 0 saturated carbocycles. The summed E-state index contributed by atoms with van der Waals surface area (Å²) < 4.78 is 32.8. The van der Waals surface area contributed by atoms with Gasteiger partial charge in [-0.05, 0) is 17.1 Å². The molecule has 0 unspecified atom stereocenters. The lowest BCUT2D eigenvalue weighted by atomic mass is 10.3. The van der Waals surface area contributed by atoms with Gasteiger partial charge in [-0.3, -0.25) is 4.57 Å². The first kappa shape index (κ1) is 17.9. The summed E-state index contributed by atoms with van der Waals surface area (Å²) in [7, 11) is 1.39. The van der Waals surface area contributed by atoms with Crippen LogP contribution in [-0.4, -0.2) is 49.3 Å². The Labute approximate surface area is 157 Å². The molecule has 1 aliphatic heterocycles. The first-order valence-electron chi connectivity index (χ1n) is 8.24. The number of fused-ring (bicyclic) bond motifs is 1. The van der Waals surface area contributed by atoms with Crippen LogP contribution in [0, 0.1) is 15.9 Å². The molecule has 146 valence electrons. The predicted octanol–water partition coefficient (Wildman–Crippen LogP) is 1.50. The predicted molar refractivity (Wildman–Crippen MR) is 90.8 cm³/mol. The summed E-state index contributed by atoms with van der Waals surface area (Å²) >= 11 is 0. The number of ether oxygens (including phenoxy) is 3. The fraction of sp³-hybridized carbons (Fsp3) is 0.312. The quantitative estimate of drug-likeness (QED) is 0.459. The van der Waals surface area contributed by atoms with Gasteiger partial charge in [-0.25, -0.2) is 9.07 Å². The van der Waals surface area contributed by atoms with Gasteiger partial charge in [0.1, 0.15) is 24.6 Å². The largest absolute Gasteiger partial charge is 0.494 e. The van der Waals surface area contributed by atoms with Crippen LogP contribution in [0.4, 0.5) is 10.2 Å². The lowest BCUT2D eigenvalue weighted by molar-refractivity contribution is -0.389. The third-order valence-corrected chi connectivity index (χ3v) is 4.12. The van der Waals surface area contributed by atoms with Gasteiger partial charge in [-0.15, -0.1) is 5.10 Å². The fourth-order valence-electron chi connectivity index (χ4n) is 2.75. The zero-order valence-electron chi connectivity index (χ0n) is 14.7. The van der Waals surface area contributed by atoms with Crippen molar-refractivity contribution < 1.29 is 23.5 Å². The van der Waals surface area contributed by atoms with Crippen molar-refractivity contribution in [3.63, 3.8) is 0 Å². The molecule has 0 aliphatic carbocycles. The van der Waals surface area contributed by atoms with Crippen molar-refractivity contribution in [3.8, 4) is 17.4 Å². The average molecular weight is 390 g/mol. The minimum atomic E-state index is -0.579. The summed E-state index contributed by atoms with van der Waals surface area (Å²) in [6, 6.07) is 4.65. The van der Waals surface area contributed by atoms with E-state index in [1.807, 2.05) is 0 Å². The second kappa shape index (κ2) is 7.23. The number of aromatic nitrogens is 5. The molecular formula is C16H15FN6O5. The van der Waals surface area contributed by atoms with Crippen LogP contribution in [0.25, 0.3) is 5.69 Å². The standard InChI is InChI=1S/C16H15FN6O5/c1-26-14-3-2-11(4-13(14)17)22-5-10(19-20-22)8-27-12-6-21-7-15(23(24)25)18-16(21)28-9-12/h2-5,7,12H,6,8-9H2,1H3/t12-/m0/s1. The van der Waals surface area contributed by atoms with Crippen molar-refractivity contribution in [2.45, 2.75) is 19.3 Å². The van der Waals surface area contributed by atoms with Crippen LogP contribution < -0.4 is 9.47 Å². The molecule has 3 heterocycles. The van der Waals surface area contributed by atoms with E-state index < -0.39 is 10.7 Å². The minimum absolute atomic E-state index is 0.142. The van der Waals surface area contributed by atoms with Gasteiger partial charge in [0.25, 0.3) is 0 Å². The average Bonchev–Trinajstić information content (AvgIpc) is 3.33. The Morgan fingerprint density at radius 3 is 3.04 bits per heavy atom. The van der Waals surface area contributed by atoms with Crippen LogP contribution in [0.3, 0.4) is 0 Å². The number of halogens is 1. The minimum Gasteiger partial charge on any atom is -0.494 e. The van der Waals surface area contributed by atoms with Crippen molar-refractivity contribution in [2.75, 3.05) is 13.7 Å². The second-order valence-electron chi connectivity index (χ2n) is 6.01.